The van der Waals surface area contributed by atoms with Gasteiger partial charge in [0.25, 0.3) is 0 Å². The molecule has 0 aromatic carbocycles. The molecular formula is C11H22O. The van der Waals surface area contributed by atoms with E-state index in [0.717, 1.165) is 12.5 Å². The van der Waals surface area contributed by atoms with Gasteiger partial charge < -0.3 is 4.74 Å². The van der Waals surface area contributed by atoms with E-state index in [0.29, 0.717) is 5.92 Å². The lowest BCUT2D eigenvalue weighted by Gasteiger charge is -2.34. The second-order valence-corrected chi connectivity index (χ2v) is 4.77. The molecule has 0 spiro atoms. The van der Waals surface area contributed by atoms with Crippen LogP contribution in [0.3, 0.4) is 0 Å². The van der Waals surface area contributed by atoms with Crippen LogP contribution in [0.25, 0.3) is 0 Å². The Morgan fingerprint density at radius 3 is 2.25 bits per heavy atom. The summed E-state index contributed by atoms with van der Waals surface area (Å²) in [4.78, 5) is 0. The van der Waals surface area contributed by atoms with Gasteiger partial charge in [-0.15, -0.1) is 0 Å². The molecule has 1 aliphatic rings. The fourth-order valence-corrected chi connectivity index (χ4v) is 2.26. The van der Waals surface area contributed by atoms with Gasteiger partial charge in [0.05, 0.1) is 5.60 Å². The molecule has 1 fully saturated rings. The van der Waals surface area contributed by atoms with Crippen molar-refractivity contribution in [2.24, 2.45) is 11.8 Å². The standard InChI is InChI=1S/C11H22O/c1-9(2)8-11(10(3)4)6-5-7-12-11/h9-10H,5-8H2,1-4H3. The van der Waals surface area contributed by atoms with E-state index in [9.17, 15) is 0 Å². The summed E-state index contributed by atoms with van der Waals surface area (Å²) < 4.78 is 5.91. The van der Waals surface area contributed by atoms with Gasteiger partial charge in [-0.25, -0.2) is 0 Å². The first-order valence-electron chi connectivity index (χ1n) is 5.21. The zero-order chi connectivity index (χ0) is 9.19. The van der Waals surface area contributed by atoms with Crippen molar-refractivity contribution in [1.29, 1.82) is 0 Å². The second kappa shape index (κ2) is 3.78. The van der Waals surface area contributed by atoms with Crippen LogP contribution < -0.4 is 0 Å². The molecule has 0 aromatic rings. The molecule has 0 bridgehead atoms. The van der Waals surface area contributed by atoms with Crippen LogP contribution in [0, 0.1) is 11.8 Å². The van der Waals surface area contributed by atoms with Crippen LogP contribution in [-0.4, -0.2) is 12.2 Å². The van der Waals surface area contributed by atoms with Crippen molar-refractivity contribution < 1.29 is 4.74 Å². The predicted molar refractivity (Wildman–Crippen MR) is 52.2 cm³/mol. The molecule has 0 aromatic heterocycles. The molecule has 1 heteroatoms. The first kappa shape index (κ1) is 10.0. The highest BCUT2D eigenvalue weighted by atomic mass is 16.5. The molecule has 1 rings (SSSR count). The highest BCUT2D eigenvalue weighted by Gasteiger charge is 2.38. The summed E-state index contributed by atoms with van der Waals surface area (Å²) in [6.45, 7) is 10.1. The fraction of sp³-hybridized carbons (Fsp3) is 1.00. The quantitative estimate of drug-likeness (QED) is 0.632. The third-order valence-corrected chi connectivity index (χ3v) is 2.94. The zero-order valence-corrected chi connectivity index (χ0v) is 8.89. The molecule has 0 N–H and O–H groups in total. The highest BCUT2D eigenvalue weighted by Crippen LogP contribution is 2.38. The lowest BCUT2D eigenvalue weighted by atomic mass is 9.81. The maximum atomic E-state index is 5.91. The normalized spacial score (nSPS) is 30.5. The Morgan fingerprint density at radius 1 is 1.25 bits per heavy atom. The van der Waals surface area contributed by atoms with Crippen molar-refractivity contribution in [2.45, 2.75) is 52.6 Å². The molecule has 1 unspecified atom stereocenters. The summed E-state index contributed by atoms with van der Waals surface area (Å²) in [5.74, 6) is 1.42. The maximum absolute atomic E-state index is 5.91. The average molecular weight is 170 g/mol. The molecule has 1 heterocycles. The molecule has 72 valence electrons. The summed E-state index contributed by atoms with van der Waals surface area (Å²) in [6, 6.07) is 0. The van der Waals surface area contributed by atoms with Crippen LogP contribution >= 0.6 is 0 Å². The minimum Gasteiger partial charge on any atom is -0.375 e. The van der Waals surface area contributed by atoms with Crippen molar-refractivity contribution in [3.05, 3.63) is 0 Å². The topological polar surface area (TPSA) is 9.23 Å². The Balaban J connectivity index is 2.59. The summed E-state index contributed by atoms with van der Waals surface area (Å²) in [6.07, 6.45) is 3.75. The van der Waals surface area contributed by atoms with Gasteiger partial charge in [-0.3, -0.25) is 0 Å². The average Bonchev–Trinajstić information content (AvgIpc) is 2.35. The minimum absolute atomic E-state index is 0.216. The Hall–Kier alpha value is -0.0400. The van der Waals surface area contributed by atoms with E-state index < -0.39 is 0 Å². The van der Waals surface area contributed by atoms with Crippen molar-refractivity contribution in [1.82, 2.24) is 0 Å². The lowest BCUT2D eigenvalue weighted by Crippen LogP contribution is -2.35. The maximum Gasteiger partial charge on any atom is 0.0708 e. The predicted octanol–water partition coefficient (Wildman–Crippen LogP) is 3.24. The molecule has 0 radical (unpaired) electrons. The smallest absolute Gasteiger partial charge is 0.0708 e. The van der Waals surface area contributed by atoms with E-state index in [1.807, 2.05) is 0 Å². The largest absolute Gasteiger partial charge is 0.375 e. The number of hydrogen-bond donors (Lipinski definition) is 0. The summed E-state index contributed by atoms with van der Waals surface area (Å²) >= 11 is 0. The fourth-order valence-electron chi connectivity index (χ4n) is 2.26. The Morgan fingerprint density at radius 2 is 1.92 bits per heavy atom. The van der Waals surface area contributed by atoms with E-state index in [4.69, 9.17) is 4.74 Å². The van der Waals surface area contributed by atoms with E-state index >= 15 is 0 Å². The van der Waals surface area contributed by atoms with Crippen LogP contribution in [0.1, 0.15) is 47.0 Å². The molecule has 12 heavy (non-hydrogen) atoms. The number of hydrogen-bond acceptors (Lipinski definition) is 1. The first-order chi connectivity index (χ1) is 5.57. The lowest BCUT2D eigenvalue weighted by molar-refractivity contribution is -0.0477. The van der Waals surface area contributed by atoms with E-state index in [1.54, 1.807) is 0 Å². The Kier molecular flexibility index (Phi) is 3.16. The second-order valence-electron chi connectivity index (χ2n) is 4.77. The van der Waals surface area contributed by atoms with Crippen LogP contribution in [0.2, 0.25) is 0 Å². The molecule has 1 atom stereocenters. The van der Waals surface area contributed by atoms with Crippen LogP contribution in [-0.2, 0) is 4.74 Å². The first-order valence-corrected chi connectivity index (χ1v) is 5.21. The number of ether oxygens (including phenoxy) is 1. The van der Waals surface area contributed by atoms with Gasteiger partial charge >= 0.3 is 0 Å². The van der Waals surface area contributed by atoms with E-state index in [-0.39, 0.29) is 5.60 Å². The molecule has 0 amide bonds. The van der Waals surface area contributed by atoms with Crippen LogP contribution in [0.5, 0.6) is 0 Å². The van der Waals surface area contributed by atoms with Gasteiger partial charge in [0.1, 0.15) is 0 Å². The van der Waals surface area contributed by atoms with Gasteiger partial charge in [-0.05, 0) is 31.1 Å². The van der Waals surface area contributed by atoms with Gasteiger partial charge in [0.2, 0.25) is 0 Å². The Bertz CT molecular complexity index is 132. The molecule has 0 aliphatic carbocycles. The number of rotatable bonds is 3. The van der Waals surface area contributed by atoms with Crippen molar-refractivity contribution in [3.8, 4) is 0 Å². The van der Waals surface area contributed by atoms with Crippen molar-refractivity contribution >= 4 is 0 Å². The summed E-state index contributed by atoms with van der Waals surface area (Å²) in [5, 5.41) is 0. The molecule has 0 saturated carbocycles. The van der Waals surface area contributed by atoms with Crippen LogP contribution in [0.15, 0.2) is 0 Å². The molecule has 1 aliphatic heterocycles. The van der Waals surface area contributed by atoms with Gasteiger partial charge in [-0.2, -0.15) is 0 Å². The molecular weight excluding hydrogens is 148 g/mol. The van der Waals surface area contributed by atoms with Gasteiger partial charge in [0.15, 0.2) is 0 Å². The van der Waals surface area contributed by atoms with Gasteiger partial charge in [0, 0.05) is 6.61 Å². The van der Waals surface area contributed by atoms with Crippen molar-refractivity contribution in [3.63, 3.8) is 0 Å². The third kappa shape index (κ3) is 2.01. The van der Waals surface area contributed by atoms with E-state index in [1.165, 1.54) is 19.3 Å². The summed E-state index contributed by atoms with van der Waals surface area (Å²) in [7, 11) is 0. The third-order valence-electron chi connectivity index (χ3n) is 2.94. The summed E-state index contributed by atoms with van der Waals surface area (Å²) in [5.41, 5.74) is 0.216. The SMILES string of the molecule is CC(C)CC1(C(C)C)CCCO1. The Labute approximate surface area is 76.5 Å². The molecule has 1 saturated heterocycles. The van der Waals surface area contributed by atoms with Crippen LogP contribution in [0.4, 0.5) is 0 Å². The molecule has 1 nitrogen and oxygen atoms in total. The van der Waals surface area contributed by atoms with Crippen molar-refractivity contribution in [2.75, 3.05) is 6.61 Å². The van der Waals surface area contributed by atoms with Gasteiger partial charge in [-0.1, -0.05) is 27.7 Å². The minimum atomic E-state index is 0.216. The monoisotopic (exact) mass is 170 g/mol. The zero-order valence-electron chi connectivity index (χ0n) is 8.89. The van der Waals surface area contributed by atoms with E-state index in [2.05, 4.69) is 27.7 Å². The highest BCUT2D eigenvalue weighted by molar-refractivity contribution is 4.88.